The Kier molecular flexibility index (Phi) is 4.86. The molecule has 0 atom stereocenters. The first-order valence-corrected chi connectivity index (χ1v) is 10.5. The number of likely N-dealkylation sites (N-methyl/N-ethyl adjacent to an activating group) is 1. The second-order valence-corrected chi connectivity index (χ2v) is 9.78. The van der Waals surface area contributed by atoms with E-state index in [4.69, 9.17) is 0 Å². The third-order valence-electron chi connectivity index (χ3n) is 3.73. The van der Waals surface area contributed by atoms with Crippen LogP contribution >= 0.6 is 22.7 Å². The Bertz CT molecular complexity index is 750. The van der Waals surface area contributed by atoms with Crippen LogP contribution in [0, 0.1) is 0 Å². The highest BCUT2D eigenvalue weighted by atomic mass is 32.2. The molecule has 0 aliphatic heterocycles. The average molecular weight is 371 g/mol. The Balaban J connectivity index is 1.69. The number of hydrogen-bond donors (Lipinski definition) is 0. The van der Waals surface area contributed by atoms with Gasteiger partial charge in [0.25, 0.3) is 10.0 Å². The second kappa shape index (κ2) is 6.72. The molecule has 0 N–H and O–H groups in total. The van der Waals surface area contributed by atoms with Crippen molar-refractivity contribution in [1.82, 2.24) is 9.21 Å². The van der Waals surface area contributed by atoms with E-state index in [0.717, 1.165) is 33.4 Å². The zero-order valence-electron chi connectivity index (χ0n) is 12.7. The van der Waals surface area contributed by atoms with Gasteiger partial charge in [-0.3, -0.25) is 4.79 Å². The number of thiophene rings is 2. The normalized spacial score (nSPS) is 15.0. The van der Waals surface area contributed by atoms with E-state index in [9.17, 15) is 13.2 Å². The van der Waals surface area contributed by atoms with E-state index in [1.54, 1.807) is 28.8 Å². The van der Waals surface area contributed by atoms with Crippen LogP contribution in [0.5, 0.6) is 0 Å². The standard InChI is InChI=1S/C15H18N2O3S3/c1-16(23(19,20)15-5-3-9-22-15)11-14(18)17(12-6-7-12)10-13-4-2-8-21-13/h2-5,8-9,12H,6-7,10-11H2,1H3. The van der Waals surface area contributed by atoms with E-state index >= 15 is 0 Å². The van der Waals surface area contributed by atoms with Crippen LogP contribution in [0.1, 0.15) is 17.7 Å². The van der Waals surface area contributed by atoms with Crippen molar-refractivity contribution in [2.75, 3.05) is 13.6 Å². The van der Waals surface area contributed by atoms with Crippen molar-refractivity contribution in [1.29, 1.82) is 0 Å². The lowest BCUT2D eigenvalue weighted by Crippen LogP contribution is -2.41. The van der Waals surface area contributed by atoms with Gasteiger partial charge in [-0.25, -0.2) is 8.42 Å². The van der Waals surface area contributed by atoms with Crippen molar-refractivity contribution in [3.8, 4) is 0 Å². The highest BCUT2D eigenvalue weighted by Gasteiger charge is 2.34. The van der Waals surface area contributed by atoms with Gasteiger partial charge in [0.15, 0.2) is 0 Å². The Morgan fingerprint density at radius 3 is 2.48 bits per heavy atom. The SMILES string of the molecule is CN(CC(=O)N(Cc1cccs1)C1CC1)S(=O)(=O)c1cccs1. The second-order valence-electron chi connectivity index (χ2n) is 5.53. The van der Waals surface area contributed by atoms with Gasteiger partial charge in [-0.2, -0.15) is 4.31 Å². The van der Waals surface area contributed by atoms with Crippen molar-refractivity contribution in [3.05, 3.63) is 39.9 Å². The van der Waals surface area contributed by atoms with Crippen molar-refractivity contribution in [2.24, 2.45) is 0 Å². The molecule has 8 heteroatoms. The molecule has 23 heavy (non-hydrogen) atoms. The molecule has 124 valence electrons. The summed E-state index contributed by atoms with van der Waals surface area (Å²) in [6.45, 7) is 0.441. The molecule has 2 aromatic rings. The number of nitrogens with zero attached hydrogens (tertiary/aromatic N) is 2. The average Bonchev–Trinajstić information content (AvgIpc) is 3.01. The largest absolute Gasteiger partial charge is 0.333 e. The molecule has 1 fully saturated rings. The van der Waals surface area contributed by atoms with E-state index in [1.807, 2.05) is 22.4 Å². The molecule has 0 saturated heterocycles. The molecule has 5 nitrogen and oxygen atoms in total. The molecule has 0 radical (unpaired) electrons. The number of rotatable bonds is 7. The van der Waals surface area contributed by atoms with E-state index in [0.29, 0.717) is 6.54 Å². The summed E-state index contributed by atoms with van der Waals surface area (Å²) in [5.41, 5.74) is 0. The molecule has 3 rings (SSSR count). The molecular formula is C15H18N2O3S3. The van der Waals surface area contributed by atoms with Crippen LogP contribution in [0.3, 0.4) is 0 Å². The molecule has 2 heterocycles. The van der Waals surface area contributed by atoms with Crippen LogP contribution in [0.4, 0.5) is 0 Å². The number of carbonyl (C=O) groups is 1. The first-order chi connectivity index (χ1) is 11.0. The summed E-state index contributed by atoms with van der Waals surface area (Å²) in [5, 5.41) is 3.70. The minimum Gasteiger partial charge on any atom is -0.333 e. The van der Waals surface area contributed by atoms with Crippen molar-refractivity contribution >= 4 is 38.6 Å². The first-order valence-electron chi connectivity index (χ1n) is 7.30. The molecule has 0 spiro atoms. The lowest BCUT2D eigenvalue weighted by atomic mass is 10.3. The molecule has 1 amide bonds. The predicted molar refractivity (Wildman–Crippen MR) is 92.0 cm³/mol. The van der Waals surface area contributed by atoms with Crippen LogP contribution in [-0.4, -0.2) is 43.2 Å². The molecule has 0 bridgehead atoms. The fourth-order valence-electron chi connectivity index (χ4n) is 2.31. The Labute approximate surface area is 144 Å². The van der Waals surface area contributed by atoms with Crippen LogP contribution in [-0.2, 0) is 21.4 Å². The maximum atomic E-state index is 12.6. The quantitative estimate of drug-likeness (QED) is 0.753. The van der Waals surface area contributed by atoms with Crippen molar-refractivity contribution < 1.29 is 13.2 Å². The van der Waals surface area contributed by atoms with Crippen LogP contribution < -0.4 is 0 Å². The van der Waals surface area contributed by atoms with Crippen LogP contribution in [0.25, 0.3) is 0 Å². The van der Waals surface area contributed by atoms with Gasteiger partial charge >= 0.3 is 0 Å². The summed E-state index contributed by atoms with van der Waals surface area (Å²) in [7, 11) is -2.12. The maximum absolute atomic E-state index is 12.6. The number of hydrogen-bond acceptors (Lipinski definition) is 5. The van der Waals surface area contributed by atoms with Gasteiger partial charge < -0.3 is 4.90 Å². The molecule has 2 aromatic heterocycles. The third kappa shape index (κ3) is 3.82. The van der Waals surface area contributed by atoms with Crippen LogP contribution in [0.2, 0.25) is 0 Å². The summed E-state index contributed by atoms with van der Waals surface area (Å²) in [5.74, 6) is -0.136. The van der Waals surface area contributed by atoms with Gasteiger partial charge in [-0.1, -0.05) is 12.1 Å². The zero-order valence-corrected chi connectivity index (χ0v) is 15.2. The lowest BCUT2D eigenvalue weighted by Gasteiger charge is -2.24. The zero-order chi connectivity index (χ0) is 16.4. The Hall–Kier alpha value is -1.22. The van der Waals surface area contributed by atoms with Gasteiger partial charge in [0.1, 0.15) is 4.21 Å². The summed E-state index contributed by atoms with van der Waals surface area (Å²) in [6, 6.07) is 7.47. The fourth-order valence-corrected chi connectivity index (χ4v) is 5.33. The van der Waals surface area contributed by atoms with Crippen molar-refractivity contribution in [3.63, 3.8) is 0 Å². The Morgan fingerprint density at radius 1 is 1.22 bits per heavy atom. The number of carbonyl (C=O) groups excluding carboxylic acids is 1. The number of amides is 1. The van der Waals surface area contributed by atoms with E-state index in [1.165, 1.54) is 7.05 Å². The van der Waals surface area contributed by atoms with E-state index in [-0.39, 0.29) is 22.7 Å². The topological polar surface area (TPSA) is 57.7 Å². The molecule has 0 aromatic carbocycles. The Morgan fingerprint density at radius 2 is 1.91 bits per heavy atom. The third-order valence-corrected chi connectivity index (χ3v) is 7.77. The van der Waals surface area contributed by atoms with Crippen LogP contribution in [0.15, 0.2) is 39.2 Å². The summed E-state index contributed by atoms with van der Waals surface area (Å²) < 4.78 is 26.3. The van der Waals surface area contributed by atoms with E-state index < -0.39 is 10.0 Å². The molecular weight excluding hydrogens is 352 g/mol. The minimum atomic E-state index is -3.58. The van der Waals surface area contributed by atoms with Gasteiger partial charge in [-0.05, 0) is 35.7 Å². The predicted octanol–water partition coefficient (Wildman–Crippen LogP) is 2.62. The summed E-state index contributed by atoms with van der Waals surface area (Å²) in [4.78, 5) is 15.5. The van der Waals surface area contributed by atoms with Gasteiger partial charge in [0.2, 0.25) is 5.91 Å². The monoisotopic (exact) mass is 370 g/mol. The highest BCUT2D eigenvalue weighted by Crippen LogP contribution is 2.29. The summed E-state index contributed by atoms with van der Waals surface area (Å²) in [6.07, 6.45) is 2.00. The molecule has 0 unspecified atom stereocenters. The first kappa shape index (κ1) is 16.6. The lowest BCUT2D eigenvalue weighted by molar-refractivity contribution is -0.132. The minimum absolute atomic E-state index is 0.123. The number of sulfonamides is 1. The van der Waals surface area contributed by atoms with Gasteiger partial charge in [0, 0.05) is 18.0 Å². The van der Waals surface area contributed by atoms with E-state index in [2.05, 4.69) is 0 Å². The van der Waals surface area contributed by atoms with Gasteiger partial charge in [0.05, 0.1) is 13.1 Å². The maximum Gasteiger partial charge on any atom is 0.252 e. The molecule has 1 saturated carbocycles. The molecule has 1 aliphatic rings. The highest BCUT2D eigenvalue weighted by molar-refractivity contribution is 7.91. The summed E-state index contributed by atoms with van der Waals surface area (Å²) >= 11 is 2.78. The molecule has 1 aliphatic carbocycles. The van der Waals surface area contributed by atoms with Gasteiger partial charge in [-0.15, -0.1) is 22.7 Å². The van der Waals surface area contributed by atoms with Crippen molar-refractivity contribution in [2.45, 2.75) is 29.6 Å². The fraction of sp³-hybridized carbons (Fsp3) is 0.400. The smallest absolute Gasteiger partial charge is 0.252 e.